The second kappa shape index (κ2) is 5.41. The summed E-state index contributed by atoms with van der Waals surface area (Å²) < 4.78 is 11.1. The van der Waals surface area contributed by atoms with Crippen LogP contribution in [-0.4, -0.2) is 36.0 Å². The fraction of sp³-hybridized carbons (Fsp3) is 0.818. The highest BCUT2D eigenvalue weighted by Crippen LogP contribution is 2.28. The summed E-state index contributed by atoms with van der Waals surface area (Å²) in [5.41, 5.74) is 0. The molecule has 1 fully saturated rings. The van der Waals surface area contributed by atoms with Gasteiger partial charge in [-0.1, -0.05) is 6.92 Å². The van der Waals surface area contributed by atoms with Crippen molar-refractivity contribution in [3.63, 3.8) is 0 Å². The maximum Gasteiger partial charge on any atom is 0.222 e. The van der Waals surface area contributed by atoms with Crippen molar-refractivity contribution in [1.82, 2.24) is 15.5 Å². The van der Waals surface area contributed by atoms with Crippen molar-refractivity contribution in [1.29, 1.82) is 0 Å². The van der Waals surface area contributed by atoms with E-state index in [9.17, 15) is 0 Å². The van der Waals surface area contributed by atoms with Crippen LogP contribution in [0.4, 0.5) is 0 Å². The molecule has 1 aromatic heterocycles. The molecule has 90 valence electrons. The van der Waals surface area contributed by atoms with Crippen molar-refractivity contribution in [3.05, 3.63) is 11.8 Å². The van der Waals surface area contributed by atoms with Crippen molar-refractivity contribution in [2.45, 2.75) is 38.7 Å². The number of ether oxygens (including phenoxy) is 1. The van der Waals surface area contributed by atoms with E-state index in [1.165, 1.54) is 0 Å². The molecule has 0 aliphatic carbocycles. The molecule has 0 amide bonds. The van der Waals surface area contributed by atoms with Gasteiger partial charge in [-0.2, -0.15) is 0 Å². The number of hydrogen-bond donors (Lipinski definition) is 1. The summed E-state index contributed by atoms with van der Waals surface area (Å²) in [5.74, 6) is 1.74. The quantitative estimate of drug-likeness (QED) is 0.761. The van der Waals surface area contributed by atoms with E-state index in [4.69, 9.17) is 9.15 Å². The van der Waals surface area contributed by atoms with Crippen molar-refractivity contribution >= 4 is 0 Å². The van der Waals surface area contributed by atoms with Crippen LogP contribution in [0.2, 0.25) is 0 Å². The van der Waals surface area contributed by atoms with Gasteiger partial charge in [0.1, 0.15) is 0 Å². The van der Waals surface area contributed by atoms with Gasteiger partial charge < -0.3 is 14.5 Å². The van der Waals surface area contributed by atoms with Crippen LogP contribution in [0.3, 0.4) is 0 Å². The Labute approximate surface area is 95.6 Å². The maximum absolute atomic E-state index is 5.62. The van der Waals surface area contributed by atoms with E-state index in [0.717, 1.165) is 37.7 Å². The summed E-state index contributed by atoms with van der Waals surface area (Å²) in [4.78, 5) is 0. The molecule has 2 unspecified atom stereocenters. The monoisotopic (exact) mass is 225 g/mol. The minimum absolute atomic E-state index is 0.287. The average molecular weight is 225 g/mol. The molecule has 2 atom stereocenters. The van der Waals surface area contributed by atoms with Gasteiger partial charge in [0.25, 0.3) is 0 Å². The van der Waals surface area contributed by atoms with Crippen LogP contribution < -0.4 is 5.32 Å². The fourth-order valence-electron chi connectivity index (χ4n) is 1.89. The number of hydrogen-bond acceptors (Lipinski definition) is 5. The Balaban J connectivity index is 1.87. The Hall–Kier alpha value is -0.940. The van der Waals surface area contributed by atoms with Gasteiger partial charge in [-0.15, -0.1) is 10.2 Å². The zero-order chi connectivity index (χ0) is 11.4. The van der Waals surface area contributed by atoms with Crippen LogP contribution in [0.1, 0.15) is 38.0 Å². The molecule has 1 N–H and O–H groups in total. The first kappa shape index (κ1) is 11.5. The molecule has 2 heterocycles. The lowest BCUT2D eigenvalue weighted by atomic mass is 10.1. The normalized spacial score (nSPS) is 25.1. The molecule has 5 heteroatoms. The first-order valence-corrected chi connectivity index (χ1v) is 5.94. The molecule has 2 rings (SSSR count). The smallest absolute Gasteiger partial charge is 0.222 e. The molecule has 16 heavy (non-hydrogen) atoms. The largest absolute Gasteiger partial charge is 0.425 e. The van der Waals surface area contributed by atoms with Gasteiger partial charge in [-0.3, -0.25) is 0 Å². The van der Waals surface area contributed by atoms with Crippen LogP contribution >= 0.6 is 0 Å². The molecule has 1 aliphatic rings. The van der Waals surface area contributed by atoms with Gasteiger partial charge in [0, 0.05) is 13.0 Å². The Kier molecular flexibility index (Phi) is 3.90. The second-order valence-corrected chi connectivity index (χ2v) is 4.21. The standard InChI is InChI=1S/C11H19N3O2/c1-3-12-5-4-10-13-14-11(16-10)9-6-8(2)15-7-9/h8-9,12H,3-7H2,1-2H3. The summed E-state index contributed by atoms with van der Waals surface area (Å²) in [6.45, 7) is 6.71. The van der Waals surface area contributed by atoms with E-state index < -0.39 is 0 Å². The van der Waals surface area contributed by atoms with Crippen molar-refractivity contribution in [3.8, 4) is 0 Å². The number of nitrogens with zero attached hydrogens (tertiary/aromatic N) is 2. The number of aromatic nitrogens is 2. The fourth-order valence-corrected chi connectivity index (χ4v) is 1.89. The molecular formula is C11H19N3O2. The summed E-state index contributed by atoms with van der Waals surface area (Å²) >= 11 is 0. The number of nitrogens with one attached hydrogen (secondary N) is 1. The maximum atomic E-state index is 5.62. The van der Waals surface area contributed by atoms with Crippen LogP contribution in [-0.2, 0) is 11.2 Å². The van der Waals surface area contributed by atoms with Gasteiger partial charge in [-0.05, 0) is 19.9 Å². The summed E-state index contributed by atoms with van der Waals surface area (Å²) in [6.07, 6.45) is 2.08. The predicted molar refractivity (Wildman–Crippen MR) is 59.3 cm³/mol. The Morgan fingerprint density at radius 2 is 2.31 bits per heavy atom. The Morgan fingerprint density at radius 1 is 1.44 bits per heavy atom. The molecule has 0 radical (unpaired) electrons. The minimum Gasteiger partial charge on any atom is -0.425 e. The highest BCUT2D eigenvalue weighted by atomic mass is 16.5. The van der Waals surface area contributed by atoms with Gasteiger partial charge in [-0.25, -0.2) is 0 Å². The topological polar surface area (TPSA) is 60.2 Å². The van der Waals surface area contributed by atoms with Gasteiger partial charge >= 0.3 is 0 Å². The van der Waals surface area contributed by atoms with Crippen molar-refractivity contribution < 1.29 is 9.15 Å². The average Bonchev–Trinajstić information content (AvgIpc) is 2.87. The van der Waals surface area contributed by atoms with E-state index in [0.29, 0.717) is 12.7 Å². The van der Waals surface area contributed by atoms with Crippen molar-refractivity contribution in [2.24, 2.45) is 0 Å². The lowest BCUT2D eigenvalue weighted by Gasteiger charge is -2.00. The molecule has 1 aliphatic heterocycles. The minimum atomic E-state index is 0.287. The highest BCUT2D eigenvalue weighted by Gasteiger charge is 2.27. The van der Waals surface area contributed by atoms with Crippen LogP contribution in [0.5, 0.6) is 0 Å². The van der Waals surface area contributed by atoms with Gasteiger partial charge in [0.2, 0.25) is 11.8 Å². The third-order valence-electron chi connectivity index (χ3n) is 2.80. The SMILES string of the molecule is CCNCCc1nnc(C2COC(C)C2)o1. The Morgan fingerprint density at radius 3 is 3.00 bits per heavy atom. The predicted octanol–water partition coefficient (Wildman–Crippen LogP) is 1.11. The van der Waals surface area contributed by atoms with E-state index in [2.05, 4.69) is 29.4 Å². The molecule has 0 bridgehead atoms. The van der Waals surface area contributed by atoms with Gasteiger partial charge in [0.05, 0.1) is 18.6 Å². The summed E-state index contributed by atoms with van der Waals surface area (Å²) in [5, 5.41) is 11.4. The third-order valence-corrected chi connectivity index (χ3v) is 2.80. The number of likely N-dealkylation sites (N-methyl/N-ethyl adjacent to an activating group) is 1. The van der Waals surface area contributed by atoms with E-state index in [1.807, 2.05) is 0 Å². The first-order valence-electron chi connectivity index (χ1n) is 5.94. The zero-order valence-electron chi connectivity index (χ0n) is 9.90. The molecule has 0 spiro atoms. The van der Waals surface area contributed by atoms with Crippen LogP contribution in [0.25, 0.3) is 0 Å². The molecule has 5 nitrogen and oxygen atoms in total. The lowest BCUT2D eigenvalue weighted by Crippen LogP contribution is -2.16. The Bertz CT molecular complexity index is 327. The van der Waals surface area contributed by atoms with Crippen molar-refractivity contribution in [2.75, 3.05) is 19.7 Å². The van der Waals surface area contributed by atoms with Gasteiger partial charge in [0.15, 0.2) is 0 Å². The lowest BCUT2D eigenvalue weighted by molar-refractivity contribution is 0.122. The van der Waals surface area contributed by atoms with E-state index in [1.54, 1.807) is 0 Å². The molecule has 0 saturated carbocycles. The van der Waals surface area contributed by atoms with Crippen LogP contribution in [0.15, 0.2) is 4.42 Å². The zero-order valence-corrected chi connectivity index (χ0v) is 9.90. The molecule has 1 aromatic rings. The first-order chi connectivity index (χ1) is 7.79. The van der Waals surface area contributed by atoms with E-state index in [-0.39, 0.29) is 5.92 Å². The highest BCUT2D eigenvalue weighted by molar-refractivity contribution is 4.95. The van der Waals surface area contributed by atoms with E-state index >= 15 is 0 Å². The number of rotatable bonds is 5. The second-order valence-electron chi connectivity index (χ2n) is 4.21. The third kappa shape index (κ3) is 2.80. The molecule has 0 aromatic carbocycles. The summed E-state index contributed by atoms with van der Waals surface area (Å²) in [7, 11) is 0. The van der Waals surface area contributed by atoms with Crippen LogP contribution in [0, 0.1) is 0 Å². The summed E-state index contributed by atoms with van der Waals surface area (Å²) in [6, 6.07) is 0. The molecular weight excluding hydrogens is 206 g/mol. The molecule has 1 saturated heterocycles.